The van der Waals surface area contributed by atoms with Crippen LogP contribution in [-0.2, 0) is 17.1 Å². The fourth-order valence-electron chi connectivity index (χ4n) is 4.01. The molecule has 2 heterocycles. The number of nitrogens with zero attached hydrogens (tertiary/aromatic N) is 5. The first-order valence-corrected chi connectivity index (χ1v) is 12.8. The molecule has 2 aromatic carbocycles. The lowest BCUT2D eigenvalue weighted by atomic mass is 10.0. The van der Waals surface area contributed by atoms with Gasteiger partial charge in [-0.25, -0.2) is 4.98 Å². The van der Waals surface area contributed by atoms with E-state index >= 15 is 0 Å². The summed E-state index contributed by atoms with van der Waals surface area (Å²) in [4.78, 5) is 19.1. The molecule has 0 radical (unpaired) electrons. The molecule has 0 atom stereocenters. The highest BCUT2D eigenvalue weighted by Crippen LogP contribution is 2.35. The first-order chi connectivity index (χ1) is 16.4. The Morgan fingerprint density at radius 2 is 1.85 bits per heavy atom. The zero-order chi connectivity index (χ0) is 24.2. The first kappa shape index (κ1) is 23.9. The summed E-state index contributed by atoms with van der Waals surface area (Å²) in [5.74, 6) is 1.38. The molecule has 8 heteroatoms. The summed E-state index contributed by atoms with van der Waals surface area (Å²) in [6.45, 7) is 12.2. The van der Waals surface area contributed by atoms with Crippen LogP contribution in [-0.4, -0.2) is 25.7 Å². The average Bonchev–Trinajstić information content (AvgIpc) is 3.42. The zero-order valence-electron chi connectivity index (χ0n) is 19.8. The summed E-state index contributed by atoms with van der Waals surface area (Å²) in [6.07, 6.45) is 1.85. The Labute approximate surface area is 208 Å². The number of hydrogen-bond donors (Lipinski definition) is 0. The molecule has 174 valence electrons. The smallest absolute Gasteiger partial charge is 0.230 e. The third-order valence-electron chi connectivity index (χ3n) is 5.31. The molecule has 0 bridgehead atoms. The van der Waals surface area contributed by atoms with Crippen molar-refractivity contribution in [2.75, 3.05) is 4.90 Å². The van der Waals surface area contributed by atoms with Crippen molar-refractivity contribution in [3.05, 3.63) is 82.9 Å². The van der Waals surface area contributed by atoms with Gasteiger partial charge in [-0.2, -0.15) is 0 Å². The normalized spacial score (nSPS) is 10.9. The quantitative estimate of drug-likeness (QED) is 0.209. The van der Waals surface area contributed by atoms with Gasteiger partial charge < -0.3 is 0 Å². The minimum absolute atomic E-state index is 0.0539. The van der Waals surface area contributed by atoms with Crippen LogP contribution in [0.15, 0.2) is 65.7 Å². The second-order valence-corrected chi connectivity index (χ2v) is 9.86. The third kappa shape index (κ3) is 4.98. The number of amides is 1. The lowest BCUT2D eigenvalue weighted by Crippen LogP contribution is -2.24. The largest absolute Gasteiger partial charge is 0.298 e. The van der Waals surface area contributed by atoms with Crippen LogP contribution in [0, 0.1) is 20.8 Å². The van der Waals surface area contributed by atoms with Crippen LogP contribution in [0.1, 0.15) is 29.3 Å². The highest BCUT2D eigenvalue weighted by molar-refractivity contribution is 7.98. The number of aromatic nitrogens is 4. The standard InChI is InChI=1S/C26H27N5OS2/c1-6-12-30-24(21-10-8-7-9-11-21)28-29-26(30)34-16-22-15-33-25(27-22)31(20(5)32)23-18(3)13-17(2)14-19(23)4/h6-11,13-15H,1,12,16H2,2-5H3. The molecule has 4 aromatic rings. The van der Waals surface area contributed by atoms with Gasteiger partial charge >= 0.3 is 0 Å². The van der Waals surface area contributed by atoms with Gasteiger partial charge in [0, 0.05) is 30.2 Å². The third-order valence-corrected chi connectivity index (χ3v) is 7.19. The molecule has 2 aromatic heterocycles. The first-order valence-electron chi connectivity index (χ1n) is 10.9. The van der Waals surface area contributed by atoms with E-state index in [1.165, 1.54) is 16.9 Å². The Morgan fingerprint density at radius 3 is 2.50 bits per heavy atom. The van der Waals surface area contributed by atoms with Gasteiger partial charge in [-0.3, -0.25) is 14.3 Å². The van der Waals surface area contributed by atoms with Gasteiger partial charge in [0.2, 0.25) is 5.91 Å². The number of carbonyl (C=O) groups excluding carboxylic acids is 1. The van der Waals surface area contributed by atoms with Crippen LogP contribution in [0.3, 0.4) is 0 Å². The molecule has 0 saturated carbocycles. The molecule has 0 N–H and O–H groups in total. The number of allylic oxidation sites excluding steroid dienone is 1. The van der Waals surface area contributed by atoms with Gasteiger partial charge in [0.1, 0.15) is 0 Å². The number of carbonyl (C=O) groups is 1. The molecule has 0 saturated heterocycles. The van der Waals surface area contributed by atoms with Crippen molar-refractivity contribution in [2.24, 2.45) is 0 Å². The fourth-order valence-corrected chi connectivity index (χ4v) is 5.83. The van der Waals surface area contributed by atoms with E-state index in [0.717, 1.165) is 39.1 Å². The Hall–Kier alpha value is -3.23. The van der Waals surface area contributed by atoms with Crippen LogP contribution >= 0.6 is 23.1 Å². The number of benzene rings is 2. The Kier molecular flexibility index (Phi) is 7.29. The van der Waals surface area contributed by atoms with Gasteiger partial charge in [-0.1, -0.05) is 65.9 Å². The van der Waals surface area contributed by atoms with Gasteiger partial charge in [-0.05, 0) is 31.9 Å². The maximum Gasteiger partial charge on any atom is 0.230 e. The summed E-state index contributed by atoms with van der Waals surface area (Å²) in [5.41, 5.74) is 6.12. The molecule has 1 amide bonds. The summed E-state index contributed by atoms with van der Waals surface area (Å²) in [6, 6.07) is 14.2. The summed E-state index contributed by atoms with van der Waals surface area (Å²) in [7, 11) is 0. The average molecular weight is 490 g/mol. The van der Waals surface area contributed by atoms with E-state index in [-0.39, 0.29) is 5.91 Å². The maximum atomic E-state index is 12.6. The van der Waals surface area contributed by atoms with Gasteiger partial charge in [0.05, 0.1) is 11.4 Å². The lowest BCUT2D eigenvalue weighted by Gasteiger charge is -2.23. The molecule has 0 spiro atoms. The van der Waals surface area contributed by atoms with Gasteiger partial charge in [0.25, 0.3) is 0 Å². The number of aryl methyl sites for hydroxylation is 3. The molecule has 6 nitrogen and oxygen atoms in total. The number of thioether (sulfide) groups is 1. The van der Waals surface area contributed by atoms with Crippen molar-refractivity contribution in [2.45, 2.75) is 45.1 Å². The van der Waals surface area contributed by atoms with E-state index in [0.29, 0.717) is 17.4 Å². The highest BCUT2D eigenvalue weighted by Gasteiger charge is 2.22. The molecule has 0 fully saturated rings. The van der Waals surface area contributed by atoms with Crippen LogP contribution in [0.2, 0.25) is 0 Å². The predicted molar refractivity (Wildman–Crippen MR) is 141 cm³/mol. The van der Waals surface area contributed by atoms with E-state index in [4.69, 9.17) is 4.98 Å². The van der Waals surface area contributed by atoms with E-state index in [9.17, 15) is 4.79 Å². The topological polar surface area (TPSA) is 63.9 Å². The minimum atomic E-state index is -0.0539. The predicted octanol–water partition coefficient (Wildman–Crippen LogP) is 6.49. The van der Waals surface area contributed by atoms with E-state index in [1.807, 2.05) is 55.6 Å². The Balaban J connectivity index is 1.57. The minimum Gasteiger partial charge on any atom is -0.298 e. The monoisotopic (exact) mass is 489 g/mol. The highest BCUT2D eigenvalue weighted by atomic mass is 32.2. The summed E-state index contributed by atoms with van der Waals surface area (Å²) >= 11 is 3.05. The van der Waals surface area contributed by atoms with E-state index in [1.54, 1.807) is 23.6 Å². The van der Waals surface area contributed by atoms with Crippen LogP contribution in [0.4, 0.5) is 10.8 Å². The zero-order valence-corrected chi connectivity index (χ0v) is 21.4. The van der Waals surface area contributed by atoms with E-state index < -0.39 is 0 Å². The van der Waals surface area contributed by atoms with Crippen molar-refractivity contribution in [1.29, 1.82) is 0 Å². The lowest BCUT2D eigenvalue weighted by molar-refractivity contribution is -0.115. The SMILES string of the molecule is C=CCn1c(SCc2csc(N(C(C)=O)c3c(C)cc(C)cc3C)n2)nnc1-c1ccccc1. The molecule has 4 rings (SSSR count). The van der Waals surface area contributed by atoms with Crippen molar-refractivity contribution in [1.82, 2.24) is 19.7 Å². The van der Waals surface area contributed by atoms with Crippen LogP contribution < -0.4 is 4.90 Å². The fraction of sp³-hybridized carbons (Fsp3) is 0.231. The van der Waals surface area contributed by atoms with Gasteiger partial charge in [0.15, 0.2) is 16.1 Å². The Morgan fingerprint density at radius 1 is 1.15 bits per heavy atom. The van der Waals surface area contributed by atoms with Crippen LogP contribution in [0.5, 0.6) is 0 Å². The molecule has 0 aliphatic rings. The van der Waals surface area contributed by atoms with Crippen molar-refractivity contribution < 1.29 is 4.79 Å². The summed E-state index contributed by atoms with van der Waals surface area (Å²) < 4.78 is 2.06. The molecule has 0 aliphatic carbocycles. The molecule has 0 aliphatic heterocycles. The van der Waals surface area contributed by atoms with Crippen molar-refractivity contribution in [3.8, 4) is 11.4 Å². The Bertz CT molecular complexity index is 1300. The van der Waals surface area contributed by atoms with Crippen LogP contribution in [0.25, 0.3) is 11.4 Å². The summed E-state index contributed by atoms with van der Waals surface area (Å²) in [5, 5.41) is 12.3. The number of anilines is 2. The van der Waals surface area contributed by atoms with E-state index in [2.05, 4.69) is 40.4 Å². The number of hydrogen-bond acceptors (Lipinski definition) is 6. The number of thiazole rings is 1. The number of rotatable bonds is 8. The van der Waals surface area contributed by atoms with Crippen molar-refractivity contribution in [3.63, 3.8) is 0 Å². The molecule has 0 unspecified atom stereocenters. The molecule has 34 heavy (non-hydrogen) atoms. The molecular formula is C26H27N5OS2. The second kappa shape index (κ2) is 10.4. The maximum absolute atomic E-state index is 12.6. The second-order valence-electron chi connectivity index (χ2n) is 8.08. The van der Waals surface area contributed by atoms with Crippen molar-refractivity contribution >= 4 is 39.8 Å². The van der Waals surface area contributed by atoms with Gasteiger partial charge in [-0.15, -0.1) is 28.1 Å². The molecular weight excluding hydrogens is 462 g/mol.